The summed E-state index contributed by atoms with van der Waals surface area (Å²) in [4.78, 5) is 18.8. The Morgan fingerprint density at radius 1 is 1.08 bits per heavy atom. The van der Waals surface area contributed by atoms with Crippen LogP contribution in [0.15, 0.2) is 54.9 Å². The highest BCUT2D eigenvalue weighted by atomic mass is 32.1. The quantitative estimate of drug-likeness (QED) is 0.534. The fraction of sp³-hybridized carbons (Fsp3) is 0.150. The van der Waals surface area contributed by atoms with Crippen molar-refractivity contribution in [1.82, 2.24) is 15.2 Å². The summed E-state index contributed by atoms with van der Waals surface area (Å²) in [7, 11) is 0. The van der Waals surface area contributed by atoms with Crippen LogP contribution >= 0.6 is 11.3 Å². The van der Waals surface area contributed by atoms with E-state index in [1.807, 2.05) is 30.6 Å². The number of carbonyl (C=O) groups excluding carboxylic acids is 1. The van der Waals surface area contributed by atoms with Gasteiger partial charge < -0.3 is 0 Å². The van der Waals surface area contributed by atoms with Gasteiger partial charge in [0.1, 0.15) is 0 Å². The second-order valence-electron chi connectivity index (χ2n) is 6.47. The van der Waals surface area contributed by atoms with E-state index in [-0.39, 0.29) is 0 Å². The number of benzene rings is 1. The number of fused-ring (bicyclic) bond motifs is 1. The fourth-order valence-electron chi connectivity index (χ4n) is 3.15. The summed E-state index contributed by atoms with van der Waals surface area (Å²) in [6.07, 6.45) is 6.75. The molecule has 1 N–H and O–H groups in total. The zero-order chi connectivity index (χ0) is 17.5. The number of aromatic amines is 1. The molecule has 1 amide bonds. The summed E-state index contributed by atoms with van der Waals surface area (Å²) in [5.74, 6) is 0.737. The lowest BCUT2D eigenvalue weighted by molar-refractivity contribution is -0.107. The van der Waals surface area contributed by atoms with Gasteiger partial charge in [0, 0.05) is 34.4 Å². The van der Waals surface area contributed by atoms with E-state index in [1.165, 1.54) is 0 Å². The number of rotatable bonds is 5. The number of pyridine rings is 1. The van der Waals surface area contributed by atoms with Gasteiger partial charge in [-0.1, -0.05) is 30.3 Å². The summed E-state index contributed by atoms with van der Waals surface area (Å²) < 4.78 is 1.02. The topological polar surface area (TPSA) is 61.9 Å². The van der Waals surface area contributed by atoms with Gasteiger partial charge in [-0.05, 0) is 30.5 Å². The van der Waals surface area contributed by atoms with Crippen molar-refractivity contribution < 1.29 is 4.79 Å². The van der Waals surface area contributed by atoms with Crippen LogP contribution in [0.5, 0.6) is 0 Å². The third kappa shape index (κ3) is 2.59. The summed E-state index contributed by atoms with van der Waals surface area (Å²) in [6, 6.07) is 14.8. The number of H-pyrrole nitrogens is 1. The van der Waals surface area contributed by atoms with Crippen molar-refractivity contribution in [2.75, 3.05) is 4.90 Å². The SMILES string of the molecule is O=CN(c1n[nH]c2cc(-c3cncc(-c4ccccc4)c3)sc12)C1CC1. The minimum absolute atomic E-state index is 0.299. The lowest BCUT2D eigenvalue weighted by Gasteiger charge is -2.12. The van der Waals surface area contributed by atoms with Crippen LogP contribution in [0.25, 0.3) is 31.8 Å². The van der Waals surface area contributed by atoms with E-state index in [9.17, 15) is 4.79 Å². The van der Waals surface area contributed by atoms with Crippen molar-refractivity contribution in [3.63, 3.8) is 0 Å². The monoisotopic (exact) mass is 360 g/mol. The summed E-state index contributed by atoms with van der Waals surface area (Å²) in [6.45, 7) is 0. The number of amides is 1. The average molecular weight is 360 g/mol. The van der Waals surface area contributed by atoms with Gasteiger partial charge in [0.15, 0.2) is 5.82 Å². The van der Waals surface area contributed by atoms with Crippen molar-refractivity contribution in [3.8, 4) is 21.6 Å². The molecule has 1 aromatic carbocycles. The highest BCUT2D eigenvalue weighted by Crippen LogP contribution is 2.40. The van der Waals surface area contributed by atoms with Crippen molar-refractivity contribution in [2.24, 2.45) is 0 Å². The molecule has 0 bridgehead atoms. The first-order chi connectivity index (χ1) is 12.8. The number of carbonyl (C=O) groups is 1. The zero-order valence-corrected chi connectivity index (χ0v) is 14.7. The van der Waals surface area contributed by atoms with Crippen LogP contribution < -0.4 is 4.90 Å². The predicted molar refractivity (Wildman–Crippen MR) is 104 cm³/mol. The Kier molecular flexibility index (Phi) is 3.57. The Morgan fingerprint density at radius 3 is 2.65 bits per heavy atom. The molecular weight excluding hydrogens is 344 g/mol. The number of thiophene rings is 1. The maximum atomic E-state index is 11.5. The van der Waals surface area contributed by atoms with Gasteiger partial charge in [0.05, 0.1) is 10.2 Å². The zero-order valence-electron chi connectivity index (χ0n) is 13.9. The first kappa shape index (κ1) is 15.3. The Balaban J connectivity index is 1.55. The maximum absolute atomic E-state index is 11.5. The average Bonchev–Trinajstić information content (AvgIpc) is 3.32. The molecule has 3 heterocycles. The van der Waals surface area contributed by atoms with Gasteiger partial charge >= 0.3 is 0 Å². The highest BCUT2D eigenvalue weighted by molar-refractivity contribution is 7.22. The highest BCUT2D eigenvalue weighted by Gasteiger charge is 2.32. The number of hydrogen-bond donors (Lipinski definition) is 1. The van der Waals surface area contributed by atoms with E-state index in [4.69, 9.17) is 0 Å². The summed E-state index contributed by atoms with van der Waals surface area (Å²) in [5, 5.41) is 7.41. The lowest BCUT2D eigenvalue weighted by Crippen LogP contribution is -2.23. The second kappa shape index (κ2) is 6.07. The Morgan fingerprint density at radius 2 is 1.88 bits per heavy atom. The van der Waals surface area contributed by atoms with E-state index in [2.05, 4.69) is 39.4 Å². The van der Waals surface area contributed by atoms with E-state index in [1.54, 1.807) is 16.2 Å². The molecule has 1 saturated carbocycles. The van der Waals surface area contributed by atoms with Gasteiger partial charge in [-0.15, -0.1) is 11.3 Å². The van der Waals surface area contributed by atoms with Crippen molar-refractivity contribution >= 4 is 33.8 Å². The molecule has 5 nitrogen and oxygen atoms in total. The molecule has 1 fully saturated rings. The van der Waals surface area contributed by atoms with Crippen LogP contribution in [0.2, 0.25) is 0 Å². The van der Waals surface area contributed by atoms with Gasteiger partial charge in [-0.2, -0.15) is 5.10 Å². The molecule has 0 radical (unpaired) electrons. The molecule has 5 rings (SSSR count). The predicted octanol–water partition coefficient (Wildman–Crippen LogP) is 4.48. The molecule has 128 valence electrons. The molecule has 0 saturated heterocycles. The van der Waals surface area contributed by atoms with Crippen LogP contribution in [0.4, 0.5) is 5.82 Å². The van der Waals surface area contributed by atoms with Gasteiger partial charge in [0.25, 0.3) is 0 Å². The van der Waals surface area contributed by atoms with Gasteiger partial charge in [-0.25, -0.2) is 0 Å². The molecule has 6 heteroatoms. The molecule has 0 spiro atoms. The minimum Gasteiger partial charge on any atom is -0.294 e. The van der Waals surface area contributed by atoms with Crippen molar-refractivity contribution in [3.05, 3.63) is 54.9 Å². The summed E-state index contributed by atoms with van der Waals surface area (Å²) >= 11 is 1.64. The smallest absolute Gasteiger partial charge is 0.215 e. The number of hydrogen-bond acceptors (Lipinski definition) is 4. The molecule has 26 heavy (non-hydrogen) atoms. The number of nitrogens with zero attached hydrogens (tertiary/aromatic N) is 3. The number of aromatic nitrogens is 3. The normalized spacial score (nSPS) is 13.8. The van der Waals surface area contributed by atoms with Crippen LogP contribution in [-0.2, 0) is 4.79 Å². The summed E-state index contributed by atoms with van der Waals surface area (Å²) in [5.41, 5.74) is 4.26. The van der Waals surface area contributed by atoms with E-state index < -0.39 is 0 Å². The molecule has 3 aromatic heterocycles. The molecule has 0 aliphatic heterocycles. The van der Waals surface area contributed by atoms with Gasteiger partial charge in [-0.3, -0.25) is 19.8 Å². The van der Waals surface area contributed by atoms with Crippen LogP contribution in [0, 0.1) is 0 Å². The largest absolute Gasteiger partial charge is 0.294 e. The van der Waals surface area contributed by atoms with Gasteiger partial charge in [0.2, 0.25) is 6.41 Å². The Bertz CT molecular complexity index is 1080. The second-order valence-corrected chi connectivity index (χ2v) is 7.53. The first-order valence-corrected chi connectivity index (χ1v) is 9.37. The molecular formula is C20H16N4OS. The van der Waals surface area contributed by atoms with Crippen molar-refractivity contribution in [1.29, 1.82) is 0 Å². The molecule has 1 aliphatic carbocycles. The van der Waals surface area contributed by atoms with Crippen molar-refractivity contribution in [2.45, 2.75) is 18.9 Å². The minimum atomic E-state index is 0.299. The van der Waals surface area contributed by atoms with E-state index in [0.717, 1.165) is 56.9 Å². The van der Waals surface area contributed by atoms with Crippen LogP contribution in [0.3, 0.4) is 0 Å². The first-order valence-electron chi connectivity index (χ1n) is 8.56. The van der Waals surface area contributed by atoms with Crippen LogP contribution in [0.1, 0.15) is 12.8 Å². The maximum Gasteiger partial charge on any atom is 0.215 e. The van der Waals surface area contributed by atoms with Crippen LogP contribution in [-0.4, -0.2) is 27.6 Å². The third-order valence-corrected chi connectivity index (χ3v) is 5.83. The Hall–Kier alpha value is -2.99. The van der Waals surface area contributed by atoms with E-state index in [0.29, 0.717) is 6.04 Å². The molecule has 4 aromatic rings. The number of nitrogens with one attached hydrogen (secondary N) is 1. The fourth-order valence-corrected chi connectivity index (χ4v) is 4.23. The molecule has 0 atom stereocenters. The molecule has 1 aliphatic rings. The third-order valence-electron chi connectivity index (χ3n) is 4.65. The number of anilines is 1. The Labute approximate surface area is 154 Å². The lowest BCUT2D eigenvalue weighted by atomic mass is 10.1. The molecule has 0 unspecified atom stereocenters. The van der Waals surface area contributed by atoms with E-state index >= 15 is 0 Å². The standard InChI is InChI=1S/C20H16N4OS/c25-12-24(16-6-7-16)20-19-17(22-23-20)9-18(26-19)15-8-14(10-21-11-15)13-4-2-1-3-5-13/h1-5,8-12,16H,6-7H2,(H,22,23).